The minimum Gasteiger partial charge on any atom is -0.460 e. The molecule has 0 spiro atoms. The van der Waals surface area contributed by atoms with E-state index in [1.54, 1.807) is 0 Å². The van der Waals surface area contributed by atoms with E-state index in [1.807, 2.05) is 0 Å². The maximum absolute atomic E-state index is 13.7. The van der Waals surface area contributed by atoms with Crippen LogP contribution in [0.25, 0.3) is 0 Å². The van der Waals surface area contributed by atoms with E-state index in [-0.39, 0.29) is 30.1 Å². The third-order valence-corrected chi connectivity index (χ3v) is 7.87. The van der Waals surface area contributed by atoms with Crippen molar-refractivity contribution in [3.8, 4) is 0 Å². The van der Waals surface area contributed by atoms with E-state index in [0.717, 1.165) is 38.5 Å². The first-order valence-electron chi connectivity index (χ1n) is 12.6. The van der Waals surface area contributed by atoms with Gasteiger partial charge < -0.3 is 14.5 Å². The van der Waals surface area contributed by atoms with Crippen LogP contribution in [0.15, 0.2) is 60.7 Å². The summed E-state index contributed by atoms with van der Waals surface area (Å²) in [7, 11) is 8.48. The van der Waals surface area contributed by atoms with Crippen molar-refractivity contribution in [1.82, 2.24) is 9.80 Å². The molecule has 0 amide bonds. The first kappa shape index (κ1) is 24.0. The van der Waals surface area contributed by atoms with Crippen LogP contribution in [-0.2, 0) is 9.53 Å². The van der Waals surface area contributed by atoms with Crippen molar-refractivity contribution < 1.29 is 9.53 Å². The Balaban J connectivity index is 1.54. The molecular weight excluding hydrogens is 408 g/mol. The Bertz CT molecular complexity index is 883. The van der Waals surface area contributed by atoms with Gasteiger partial charge in [0, 0.05) is 17.9 Å². The van der Waals surface area contributed by atoms with E-state index in [0.29, 0.717) is 11.8 Å². The molecule has 33 heavy (non-hydrogen) atoms. The smallest absolute Gasteiger partial charge is 0.310 e. The summed E-state index contributed by atoms with van der Waals surface area (Å²) in [6.45, 7) is 0. The summed E-state index contributed by atoms with van der Waals surface area (Å²) in [5.74, 6) is 0.667. The zero-order valence-corrected chi connectivity index (χ0v) is 20.7. The van der Waals surface area contributed by atoms with Gasteiger partial charge in [-0.1, -0.05) is 67.1 Å². The molecule has 0 aromatic heterocycles. The lowest BCUT2D eigenvalue weighted by Crippen LogP contribution is -2.51. The fourth-order valence-corrected chi connectivity index (χ4v) is 6.48. The van der Waals surface area contributed by atoms with Gasteiger partial charge in [0.25, 0.3) is 0 Å². The van der Waals surface area contributed by atoms with Crippen LogP contribution in [0.4, 0.5) is 0 Å². The van der Waals surface area contributed by atoms with Gasteiger partial charge in [0.05, 0.1) is 12.0 Å². The summed E-state index contributed by atoms with van der Waals surface area (Å²) in [5, 5.41) is 0. The monoisotopic (exact) mass is 448 g/mol. The van der Waals surface area contributed by atoms with Gasteiger partial charge >= 0.3 is 5.97 Å². The molecule has 0 saturated heterocycles. The van der Waals surface area contributed by atoms with Crippen molar-refractivity contribution in [3.05, 3.63) is 71.8 Å². The maximum Gasteiger partial charge on any atom is 0.310 e. The predicted octanol–water partition coefficient (Wildman–Crippen LogP) is 5.31. The van der Waals surface area contributed by atoms with Crippen LogP contribution >= 0.6 is 0 Å². The van der Waals surface area contributed by atoms with Crippen molar-refractivity contribution >= 4 is 5.97 Å². The number of likely N-dealkylation sites (N-methyl/N-ethyl adjacent to an activating group) is 2. The molecule has 2 saturated carbocycles. The van der Waals surface area contributed by atoms with Crippen LogP contribution in [-0.4, -0.2) is 62.1 Å². The fraction of sp³-hybridized carbons (Fsp3) is 0.552. The average Bonchev–Trinajstić information content (AvgIpc) is 2.84. The summed E-state index contributed by atoms with van der Waals surface area (Å²) >= 11 is 0. The molecule has 2 fully saturated rings. The van der Waals surface area contributed by atoms with Crippen molar-refractivity contribution in [3.63, 3.8) is 0 Å². The number of rotatable bonds is 6. The number of hydrogen-bond donors (Lipinski definition) is 0. The Labute approximate surface area is 199 Å². The molecule has 0 aliphatic heterocycles. The minimum absolute atomic E-state index is 0.0000993. The van der Waals surface area contributed by atoms with Gasteiger partial charge in [0.1, 0.15) is 6.10 Å². The van der Waals surface area contributed by atoms with Gasteiger partial charge in [-0.05, 0) is 71.4 Å². The van der Waals surface area contributed by atoms with Gasteiger partial charge in [-0.25, -0.2) is 0 Å². The molecule has 2 aliphatic carbocycles. The molecule has 0 heterocycles. The quantitative estimate of drug-likeness (QED) is 0.561. The van der Waals surface area contributed by atoms with E-state index in [2.05, 4.69) is 98.7 Å². The van der Waals surface area contributed by atoms with Crippen molar-refractivity contribution in [1.29, 1.82) is 0 Å². The van der Waals surface area contributed by atoms with E-state index >= 15 is 0 Å². The van der Waals surface area contributed by atoms with Crippen LogP contribution in [0.5, 0.6) is 0 Å². The molecule has 0 N–H and O–H groups in total. The van der Waals surface area contributed by atoms with Gasteiger partial charge in [0.2, 0.25) is 0 Å². The molecule has 6 unspecified atom stereocenters. The molecule has 4 rings (SSSR count). The van der Waals surface area contributed by atoms with Crippen molar-refractivity contribution in [2.45, 2.75) is 68.5 Å². The highest BCUT2D eigenvalue weighted by molar-refractivity contribution is 5.74. The van der Waals surface area contributed by atoms with Crippen LogP contribution in [0.1, 0.15) is 61.5 Å². The van der Waals surface area contributed by atoms with Gasteiger partial charge in [-0.3, -0.25) is 4.79 Å². The van der Waals surface area contributed by atoms with Crippen LogP contribution in [0.2, 0.25) is 0 Å². The van der Waals surface area contributed by atoms with Crippen LogP contribution in [0.3, 0.4) is 0 Å². The zero-order valence-electron chi connectivity index (χ0n) is 20.7. The summed E-state index contributed by atoms with van der Waals surface area (Å²) in [4.78, 5) is 18.2. The third kappa shape index (κ3) is 5.33. The molecule has 6 atom stereocenters. The minimum atomic E-state index is -0.0844. The molecule has 0 radical (unpaired) electrons. The molecule has 2 aromatic carbocycles. The SMILES string of the molecule is CN(C)C1C(OC(=O)C2CCCC(c3ccccc3)C2N(C)C)CCCC1c1ccccc1. The molecular formula is C29H40N2O2. The summed E-state index contributed by atoms with van der Waals surface area (Å²) in [6, 6.07) is 21.8. The molecule has 4 nitrogen and oxygen atoms in total. The van der Waals surface area contributed by atoms with Crippen molar-refractivity contribution in [2.24, 2.45) is 5.92 Å². The summed E-state index contributed by atoms with van der Waals surface area (Å²) < 4.78 is 6.41. The Morgan fingerprint density at radius 2 is 1.18 bits per heavy atom. The van der Waals surface area contributed by atoms with E-state index < -0.39 is 0 Å². The topological polar surface area (TPSA) is 32.8 Å². The van der Waals surface area contributed by atoms with E-state index in [4.69, 9.17) is 4.74 Å². The lowest BCUT2D eigenvalue weighted by molar-refractivity contribution is -0.163. The maximum atomic E-state index is 13.7. The molecule has 0 bridgehead atoms. The lowest BCUT2D eigenvalue weighted by atomic mass is 9.73. The number of ether oxygens (including phenoxy) is 1. The standard InChI is InChI=1S/C29H40N2O2/c1-30(2)27-23(21-13-7-5-8-14-21)17-11-19-25(27)29(32)33-26-20-12-18-24(28(26)31(3)4)22-15-9-6-10-16-22/h5-10,13-16,23-28H,11-12,17-20H2,1-4H3. The van der Waals surface area contributed by atoms with Gasteiger partial charge in [0.15, 0.2) is 0 Å². The van der Waals surface area contributed by atoms with Crippen LogP contribution < -0.4 is 0 Å². The largest absolute Gasteiger partial charge is 0.460 e. The second-order valence-corrected chi connectivity index (χ2v) is 10.4. The molecule has 4 heteroatoms. The Morgan fingerprint density at radius 3 is 1.70 bits per heavy atom. The highest BCUT2D eigenvalue weighted by atomic mass is 16.5. The number of nitrogens with zero attached hydrogens (tertiary/aromatic N) is 2. The lowest BCUT2D eigenvalue weighted by Gasteiger charge is -2.44. The first-order valence-corrected chi connectivity index (χ1v) is 12.6. The number of carbonyl (C=O) groups is 1. The van der Waals surface area contributed by atoms with E-state index in [9.17, 15) is 4.79 Å². The second-order valence-electron chi connectivity index (χ2n) is 10.4. The van der Waals surface area contributed by atoms with Gasteiger partial charge in [-0.2, -0.15) is 0 Å². The highest BCUT2D eigenvalue weighted by Crippen LogP contribution is 2.41. The van der Waals surface area contributed by atoms with E-state index in [1.165, 1.54) is 11.1 Å². The normalized spacial score (nSPS) is 30.4. The number of hydrogen-bond acceptors (Lipinski definition) is 4. The van der Waals surface area contributed by atoms with Crippen LogP contribution in [0, 0.1) is 5.92 Å². The second kappa shape index (κ2) is 10.8. The molecule has 2 aromatic rings. The average molecular weight is 449 g/mol. The van der Waals surface area contributed by atoms with Gasteiger partial charge in [-0.15, -0.1) is 0 Å². The number of carbonyl (C=O) groups excluding carboxylic acids is 1. The third-order valence-electron chi connectivity index (χ3n) is 7.87. The van der Waals surface area contributed by atoms with Crippen molar-refractivity contribution in [2.75, 3.05) is 28.2 Å². The number of esters is 1. The molecule has 178 valence electrons. The Kier molecular flexibility index (Phi) is 7.87. The Hall–Kier alpha value is -2.17. The highest BCUT2D eigenvalue weighted by Gasteiger charge is 2.43. The Morgan fingerprint density at radius 1 is 0.697 bits per heavy atom. The first-order chi connectivity index (χ1) is 16.0. The summed E-state index contributed by atoms with van der Waals surface area (Å²) in [6.07, 6.45) is 6.21. The zero-order chi connectivity index (χ0) is 23.4. The molecule has 2 aliphatic rings. The fourth-order valence-electron chi connectivity index (χ4n) is 6.48. The summed E-state index contributed by atoms with van der Waals surface area (Å²) in [5.41, 5.74) is 2.69. The number of benzene rings is 2. The predicted molar refractivity (Wildman–Crippen MR) is 134 cm³/mol.